The molecule has 8 nitrogen and oxygen atoms in total. The molecule has 1 amide bonds. The first-order valence-corrected chi connectivity index (χ1v) is 8.27. The molecule has 0 spiro atoms. The van der Waals surface area contributed by atoms with Crippen molar-refractivity contribution in [2.45, 2.75) is 0 Å². The summed E-state index contributed by atoms with van der Waals surface area (Å²) in [6.45, 7) is -0.326. The van der Waals surface area contributed by atoms with Crippen molar-refractivity contribution >= 4 is 17.9 Å². The lowest BCUT2D eigenvalue weighted by Crippen LogP contribution is -2.21. The highest BCUT2D eigenvalue weighted by Crippen LogP contribution is 2.16. The number of rotatable bonds is 7. The second kappa shape index (κ2) is 8.67. The molecule has 3 rings (SSSR count). The van der Waals surface area contributed by atoms with Gasteiger partial charge >= 0.3 is 0 Å². The van der Waals surface area contributed by atoms with Crippen molar-refractivity contribution in [1.29, 1.82) is 0 Å². The molecule has 0 aliphatic rings. The van der Waals surface area contributed by atoms with Gasteiger partial charge in [0.1, 0.15) is 5.82 Å². The Morgan fingerprint density at radius 1 is 1.18 bits per heavy atom. The SMILES string of the molecule is CNC(=O)c1nnn(N=Cc2ccc(F)cc2)c1OCC(=O)c1ccccc1. The minimum absolute atomic E-state index is 0.0815. The minimum Gasteiger partial charge on any atom is -0.466 e. The van der Waals surface area contributed by atoms with Gasteiger partial charge < -0.3 is 10.1 Å². The van der Waals surface area contributed by atoms with E-state index in [9.17, 15) is 14.0 Å². The molecule has 142 valence electrons. The lowest BCUT2D eigenvalue weighted by atomic mass is 10.1. The van der Waals surface area contributed by atoms with E-state index in [4.69, 9.17) is 4.74 Å². The molecule has 0 aliphatic carbocycles. The molecular formula is C19H16FN5O3. The van der Waals surface area contributed by atoms with Crippen LogP contribution in [0.2, 0.25) is 0 Å². The molecule has 0 aliphatic heterocycles. The molecule has 0 fully saturated rings. The Balaban J connectivity index is 1.82. The number of nitrogens with one attached hydrogen (secondary N) is 1. The van der Waals surface area contributed by atoms with Crippen molar-refractivity contribution in [3.8, 4) is 5.88 Å². The highest BCUT2D eigenvalue weighted by atomic mass is 19.1. The van der Waals surface area contributed by atoms with Crippen molar-refractivity contribution in [2.75, 3.05) is 13.7 Å². The highest BCUT2D eigenvalue weighted by molar-refractivity contribution is 5.97. The van der Waals surface area contributed by atoms with Gasteiger partial charge in [-0.1, -0.05) is 47.3 Å². The lowest BCUT2D eigenvalue weighted by Gasteiger charge is -2.06. The maximum absolute atomic E-state index is 13.0. The predicted octanol–water partition coefficient (Wildman–Crippen LogP) is 1.92. The van der Waals surface area contributed by atoms with E-state index in [1.54, 1.807) is 30.3 Å². The fourth-order valence-corrected chi connectivity index (χ4v) is 2.24. The van der Waals surface area contributed by atoms with Gasteiger partial charge in [-0.25, -0.2) is 4.39 Å². The number of hydrogen-bond donors (Lipinski definition) is 1. The van der Waals surface area contributed by atoms with Crippen LogP contribution in [0.1, 0.15) is 26.4 Å². The van der Waals surface area contributed by atoms with E-state index in [0.29, 0.717) is 11.1 Å². The number of ether oxygens (including phenoxy) is 1. The van der Waals surface area contributed by atoms with Gasteiger partial charge in [-0.3, -0.25) is 9.59 Å². The summed E-state index contributed by atoms with van der Waals surface area (Å²) in [5, 5.41) is 14.0. The van der Waals surface area contributed by atoms with E-state index in [1.807, 2.05) is 0 Å². The molecule has 9 heteroatoms. The maximum atomic E-state index is 13.0. The summed E-state index contributed by atoms with van der Waals surface area (Å²) in [6, 6.07) is 14.2. The Bertz CT molecular complexity index is 1000. The molecule has 0 radical (unpaired) electrons. The summed E-state index contributed by atoms with van der Waals surface area (Å²) in [5.74, 6) is -1.27. The Morgan fingerprint density at radius 2 is 1.89 bits per heavy atom. The molecule has 0 saturated carbocycles. The van der Waals surface area contributed by atoms with Crippen LogP contribution in [0.3, 0.4) is 0 Å². The summed E-state index contributed by atoms with van der Waals surface area (Å²) in [5.41, 5.74) is 0.960. The number of carbonyl (C=O) groups is 2. The summed E-state index contributed by atoms with van der Waals surface area (Å²) in [6.07, 6.45) is 1.40. The number of aromatic nitrogens is 3. The summed E-state index contributed by atoms with van der Waals surface area (Å²) in [4.78, 5) is 25.2. The Labute approximate surface area is 159 Å². The molecule has 1 N–H and O–H groups in total. The minimum atomic E-state index is -0.537. The van der Waals surface area contributed by atoms with Crippen molar-refractivity contribution in [2.24, 2.45) is 5.10 Å². The molecule has 2 aromatic carbocycles. The molecule has 0 bridgehead atoms. The van der Waals surface area contributed by atoms with Crippen molar-refractivity contribution < 1.29 is 18.7 Å². The fourth-order valence-electron chi connectivity index (χ4n) is 2.24. The number of halogens is 1. The van der Waals surface area contributed by atoms with E-state index < -0.39 is 5.91 Å². The van der Waals surface area contributed by atoms with Gasteiger partial charge in [-0.2, -0.15) is 5.10 Å². The van der Waals surface area contributed by atoms with Crippen LogP contribution in [0.25, 0.3) is 0 Å². The first-order valence-electron chi connectivity index (χ1n) is 8.27. The van der Waals surface area contributed by atoms with Crippen LogP contribution in [0.5, 0.6) is 5.88 Å². The quantitative estimate of drug-likeness (QED) is 0.498. The van der Waals surface area contributed by atoms with Crippen molar-refractivity contribution in [3.05, 3.63) is 77.2 Å². The van der Waals surface area contributed by atoms with E-state index >= 15 is 0 Å². The van der Waals surface area contributed by atoms with Crippen LogP contribution in [0, 0.1) is 5.82 Å². The molecular weight excluding hydrogens is 365 g/mol. The van der Waals surface area contributed by atoms with Gasteiger partial charge in [0.05, 0.1) is 6.21 Å². The van der Waals surface area contributed by atoms with E-state index in [-0.39, 0.29) is 29.8 Å². The summed E-state index contributed by atoms with van der Waals surface area (Å²) in [7, 11) is 1.43. The highest BCUT2D eigenvalue weighted by Gasteiger charge is 2.21. The van der Waals surface area contributed by atoms with Gasteiger partial charge in [0, 0.05) is 12.6 Å². The van der Waals surface area contributed by atoms with Crippen molar-refractivity contribution in [3.63, 3.8) is 0 Å². The van der Waals surface area contributed by atoms with Crippen molar-refractivity contribution in [1.82, 2.24) is 20.4 Å². The first kappa shape index (κ1) is 18.9. The molecule has 0 unspecified atom stereocenters. The number of nitrogens with zero attached hydrogens (tertiary/aromatic N) is 4. The third kappa shape index (κ3) is 4.44. The zero-order chi connectivity index (χ0) is 19.9. The monoisotopic (exact) mass is 381 g/mol. The molecule has 1 aromatic heterocycles. The standard InChI is InChI=1S/C19H16FN5O3/c1-21-18(27)17-19(28-12-16(26)14-5-3-2-4-6-14)25(24-23-17)22-11-13-7-9-15(20)10-8-13/h2-11H,12H2,1H3,(H,21,27). The Hall–Kier alpha value is -3.88. The number of amides is 1. The van der Waals surface area contributed by atoms with E-state index in [1.165, 1.54) is 37.5 Å². The molecule has 1 heterocycles. The molecule has 28 heavy (non-hydrogen) atoms. The third-order valence-electron chi connectivity index (χ3n) is 3.68. The van der Waals surface area contributed by atoms with Crippen LogP contribution in [-0.4, -0.2) is 46.7 Å². The van der Waals surface area contributed by atoms with Crippen LogP contribution in [-0.2, 0) is 0 Å². The number of hydrogen-bond acceptors (Lipinski definition) is 6. The number of ketones is 1. The van der Waals surface area contributed by atoms with Crippen LogP contribution >= 0.6 is 0 Å². The second-order valence-corrected chi connectivity index (χ2v) is 5.59. The van der Waals surface area contributed by atoms with E-state index in [2.05, 4.69) is 20.7 Å². The summed E-state index contributed by atoms with van der Waals surface area (Å²) >= 11 is 0. The molecule has 0 atom stereocenters. The Morgan fingerprint density at radius 3 is 2.57 bits per heavy atom. The number of carbonyl (C=O) groups excluding carboxylic acids is 2. The molecule has 0 saturated heterocycles. The van der Waals surface area contributed by atoms with Gasteiger partial charge in [0.2, 0.25) is 5.69 Å². The normalized spacial score (nSPS) is 10.8. The van der Waals surface area contributed by atoms with Crippen LogP contribution in [0.4, 0.5) is 4.39 Å². The fraction of sp³-hybridized carbons (Fsp3) is 0.105. The van der Waals surface area contributed by atoms with Gasteiger partial charge in [-0.05, 0) is 22.9 Å². The lowest BCUT2D eigenvalue weighted by molar-refractivity contribution is 0.0898. The second-order valence-electron chi connectivity index (χ2n) is 5.59. The van der Waals surface area contributed by atoms with Gasteiger partial charge in [-0.15, -0.1) is 5.10 Å². The average molecular weight is 381 g/mol. The maximum Gasteiger partial charge on any atom is 0.277 e. The van der Waals surface area contributed by atoms with Crippen LogP contribution in [0.15, 0.2) is 59.7 Å². The Kier molecular flexibility index (Phi) is 5.85. The van der Waals surface area contributed by atoms with Crippen LogP contribution < -0.4 is 10.1 Å². The zero-order valence-electron chi connectivity index (χ0n) is 14.9. The number of benzene rings is 2. The zero-order valence-corrected chi connectivity index (χ0v) is 14.9. The van der Waals surface area contributed by atoms with Gasteiger partial charge in [0.15, 0.2) is 12.4 Å². The van der Waals surface area contributed by atoms with Gasteiger partial charge in [0.25, 0.3) is 11.8 Å². The predicted molar refractivity (Wildman–Crippen MR) is 99.1 cm³/mol. The smallest absolute Gasteiger partial charge is 0.277 e. The summed E-state index contributed by atoms with van der Waals surface area (Å²) < 4.78 is 18.5. The number of Topliss-reactive ketones (excluding diaryl/α,β-unsaturated/α-hetero) is 1. The first-order chi connectivity index (χ1) is 13.6. The average Bonchev–Trinajstić information content (AvgIpc) is 3.14. The largest absolute Gasteiger partial charge is 0.466 e. The van der Waals surface area contributed by atoms with E-state index in [0.717, 1.165) is 4.79 Å². The topological polar surface area (TPSA) is 98.5 Å². The molecule has 3 aromatic rings. The third-order valence-corrected chi connectivity index (χ3v) is 3.68.